The van der Waals surface area contributed by atoms with Gasteiger partial charge in [-0.2, -0.15) is 0 Å². The molecule has 1 aliphatic heterocycles. The van der Waals surface area contributed by atoms with Crippen molar-refractivity contribution in [1.29, 1.82) is 0 Å². The van der Waals surface area contributed by atoms with Gasteiger partial charge in [-0.3, -0.25) is 4.90 Å². The first-order chi connectivity index (χ1) is 8.24. The molecule has 1 aliphatic rings. The average Bonchev–Trinajstić information content (AvgIpc) is 2.36. The third-order valence-corrected chi connectivity index (χ3v) is 3.50. The van der Waals surface area contributed by atoms with Gasteiger partial charge in [0.2, 0.25) is 0 Å². The van der Waals surface area contributed by atoms with Crippen LogP contribution in [0, 0.1) is 0 Å². The average molecular weight is 255 g/mol. The molecule has 1 aromatic heterocycles. The number of rotatable bonds is 4. The Kier molecular flexibility index (Phi) is 4.31. The number of nitrogens with zero attached hydrogens (tertiary/aromatic N) is 3. The van der Waals surface area contributed by atoms with E-state index in [0.29, 0.717) is 5.15 Å². The molecule has 2 rings (SSSR count). The van der Waals surface area contributed by atoms with E-state index in [9.17, 15) is 0 Å². The number of halogens is 1. The van der Waals surface area contributed by atoms with Crippen molar-refractivity contribution >= 4 is 11.6 Å². The molecule has 94 valence electrons. The maximum atomic E-state index is 6.21. The molecule has 0 saturated carbocycles. The quantitative estimate of drug-likeness (QED) is 0.829. The molecule has 0 spiro atoms. The lowest BCUT2D eigenvalue weighted by atomic mass is 10.1. The predicted molar refractivity (Wildman–Crippen MR) is 69.1 cm³/mol. The van der Waals surface area contributed by atoms with Crippen LogP contribution in [0.5, 0.6) is 0 Å². The summed E-state index contributed by atoms with van der Waals surface area (Å²) in [6.45, 7) is 8.87. The molecular weight excluding hydrogens is 236 g/mol. The smallest absolute Gasteiger partial charge is 0.144 e. The first-order valence-electron chi connectivity index (χ1n) is 6.21. The number of nitrogens with one attached hydrogen (secondary N) is 1. The highest BCUT2D eigenvalue weighted by atomic mass is 35.5. The zero-order valence-corrected chi connectivity index (χ0v) is 11.2. The molecule has 1 aromatic rings. The topological polar surface area (TPSA) is 41.1 Å². The zero-order chi connectivity index (χ0) is 12.3. The van der Waals surface area contributed by atoms with E-state index < -0.39 is 0 Å². The minimum Gasteiger partial charge on any atom is -0.312 e. The summed E-state index contributed by atoms with van der Waals surface area (Å²) in [7, 11) is 0. The summed E-state index contributed by atoms with van der Waals surface area (Å²) in [5, 5.41) is 3.90. The number of hydrogen-bond acceptors (Lipinski definition) is 4. The van der Waals surface area contributed by atoms with E-state index >= 15 is 0 Å². The lowest BCUT2D eigenvalue weighted by Gasteiger charge is -2.20. The lowest BCUT2D eigenvalue weighted by molar-refractivity contribution is 0.287. The highest BCUT2D eigenvalue weighted by Crippen LogP contribution is 2.20. The maximum absolute atomic E-state index is 6.21. The number of aromatic nitrogens is 2. The van der Waals surface area contributed by atoms with Crippen molar-refractivity contribution in [1.82, 2.24) is 20.2 Å². The normalized spacial score (nSPS) is 15.1. The maximum Gasteiger partial charge on any atom is 0.144 e. The van der Waals surface area contributed by atoms with Crippen LogP contribution in [0.4, 0.5) is 0 Å². The lowest BCUT2D eigenvalue weighted by Crippen LogP contribution is -2.28. The van der Waals surface area contributed by atoms with Crippen LogP contribution in [0.3, 0.4) is 0 Å². The predicted octanol–water partition coefficient (Wildman–Crippen LogP) is 1.62. The van der Waals surface area contributed by atoms with Crippen LogP contribution < -0.4 is 5.32 Å². The summed E-state index contributed by atoms with van der Waals surface area (Å²) in [6.07, 6.45) is 0.947. The van der Waals surface area contributed by atoms with Crippen LogP contribution in [0.1, 0.15) is 30.9 Å². The van der Waals surface area contributed by atoms with Gasteiger partial charge >= 0.3 is 0 Å². The molecule has 0 fully saturated rings. The largest absolute Gasteiger partial charge is 0.312 e. The number of hydrogen-bond donors (Lipinski definition) is 1. The first-order valence-corrected chi connectivity index (χ1v) is 6.59. The SMILES string of the molecule is CCN(CC)Cc1nc(Cl)c2c(n1)CCNC2. The van der Waals surface area contributed by atoms with Gasteiger partial charge in [-0.1, -0.05) is 25.4 Å². The van der Waals surface area contributed by atoms with Crippen molar-refractivity contribution in [3.8, 4) is 0 Å². The third-order valence-electron chi connectivity index (χ3n) is 3.19. The van der Waals surface area contributed by atoms with E-state index in [1.807, 2.05) is 0 Å². The van der Waals surface area contributed by atoms with E-state index in [2.05, 4.69) is 34.0 Å². The molecule has 4 nitrogen and oxygen atoms in total. The summed E-state index contributed by atoms with van der Waals surface area (Å²) in [6, 6.07) is 0. The molecule has 0 saturated heterocycles. The fraction of sp³-hybridized carbons (Fsp3) is 0.667. The van der Waals surface area contributed by atoms with Gasteiger partial charge in [-0.15, -0.1) is 0 Å². The molecule has 0 bridgehead atoms. The Morgan fingerprint density at radius 1 is 1.29 bits per heavy atom. The van der Waals surface area contributed by atoms with Crippen LogP contribution >= 0.6 is 11.6 Å². The summed E-state index contributed by atoms with van der Waals surface area (Å²) in [5.74, 6) is 0.847. The Morgan fingerprint density at radius 2 is 2.06 bits per heavy atom. The fourth-order valence-corrected chi connectivity index (χ4v) is 2.34. The van der Waals surface area contributed by atoms with Gasteiger partial charge in [-0.05, 0) is 13.1 Å². The van der Waals surface area contributed by atoms with Gasteiger partial charge in [0.15, 0.2) is 0 Å². The third kappa shape index (κ3) is 2.94. The summed E-state index contributed by atoms with van der Waals surface area (Å²) >= 11 is 6.21. The summed E-state index contributed by atoms with van der Waals surface area (Å²) in [4.78, 5) is 11.3. The van der Waals surface area contributed by atoms with Crippen molar-refractivity contribution in [2.75, 3.05) is 19.6 Å². The molecule has 0 amide bonds. The van der Waals surface area contributed by atoms with Gasteiger partial charge < -0.3 is 5.32 Å². The Hall–Kier alpha value is -0.710. The second-order valence-electron chi connectivity index (χ2n) is 4.24. The Morgan fingerprint density at radius 3 is 2.76 bits per heavy atom. The van der Waals surface area contributed by atoms with Crippen LogP contribution in [0.2, 0.25) is 5.15 Å². The van der Waals surface area contributed by atoms with E-state index in [-0.39, 0.29) is 0 Å². The standard InChI is InChI=1S/C12H19ClN4/c1-3-17(4-2)8-11-15-10-5-6-14-7-9(10)12(13)16-11/h14H,3-8H2,1-2H3. The minimum atomic E-state index is 0.615. The van der Waals surface area contributed by atoms with Crippen LogP contribution in [0.25, 0.3) is 0 Å². The van der Waals surface area contributed by atoms with Gasteiger partial charge in [0.1, 0.15) is 11.0 Å². The molecular formula is C12H19ClN4. The van der Waals surface area contributed by atoms with Crippen molar-refractivity contribution in [3.05, 3.63) is 22.2 Å². The Bertz CT molecular complexity index is 390. The molecule has 5 heteroatoms. The first kappa shape index (κ1) is 12.7. The van der Waals surface area contributed by atoms with E-state index in [1.54, 1.807) is 0 Å². The second kappa shape index (κ2) is 5.76. The Balaban J connectivity index is 2.21. The molecule has 0 unspecified atom stereocenters. The van der Waals surface area contributed by atoms with E-state index in [1.165, 1.54) is 0 Å². The zero-order valence-electron chi connectivity index (χ0n) is 10.5. The molecule has 1 N–H and O–H groups in total. The minimum absolute atomic E-state index is 0.615. The van der Waals surface area contributed by atoms with Crippen LogP contribution in [-0.2, 0) is 19.5 Å². The van der Waals surface area contributed by atoms with Crippen molar-refractivity contribution in [2.24, 2.45) is 0 Å². The monoisotopic (exact) mass is 254 g/mol. The van der Waals surface area contributed by atoms with Crippen molar-refractivity contribution in [3.63, 3.8) is 0 Å². The molecule has 2 heterocycles. The van der Waals surface area contributed by atoms with Crippen molar-refractivity contribution in [2.45, 2.75) is 33.4 Å². The summed E-state index contributed by atoms with van der Waals surface area (Å²) in [5.41, 5.74) is 2.19. The Labute approximate surface area is 107 Å². The molecule has 0 atom stereocenters. The number of fused-ring (bicyclic) bond motifs is 1. The van der Waals surface area contributed by atoms with E-state index in [0.717, 1.165) is 56.2 Å². The molecule has 0 aliphatic carbocycles. The van der Waals surface area contributed by atoms with Crippen LogP contribution in [-0.4, -0.2) is 34.5 Å². The molecule has 17 heavy (non-hydrogen) atoms. The van der Waals surface area contributed by atoms with Gasteiger partial charge in [0, 0.05) is 25.1 Å². The highest BCUT2D eigenvalue weighted by Gasteiger charge is 2.16. The highest BCUT2D eigenvalue weighted by molar-refractivity contribution is 6.30. The van der Waals surface area contributed by atoms with Gasteiger partial charge in [0.25, 0.3) is 0 Å². The van der Waals surface area contributed by atoms with E-state index in [4.69, 9.17) is 11.6 Å². The van der Waals surface area contributed by atoms with Gasteiger partial charge in [-0.25, -0.2) is 9.97 Å². The molecule has 0 aromatic carbocycles. The second-order valence-corrected chi connectivity index (χ2v) is 4.60. The fourth-order valence-electron chi connectivity index (χ4n) is 2.07. The summed E-state index contributed by atoms with van der Waals surface area (Å²) < 4.78 is 0. The van der Waals surface area contributed by atoms with Crippen molar-refractivity contribution < 1.29 is 0 Å². The van der Waals surface area contributed by atoms with Crippen LogP contribution in [0.15, 0.2) is 0 Å². The molecule has 0 radical (unpaired) electrons. The van der Waals surface area contributed by atoms with Gasteiger partial charge in [0.05, 0.1) is 12.2 Å².